The third-order valence-corrected chi connectivity index (χ3v) is 3.25. The lowest BCUT2D eigenvalue weighted by Crippen LogP contribution is -2.52. The molecule has 1 rings (SSSR count). The summed E-state index contributed by atoms with van der Waals surface area (Å²) < 4.78 is 5.45. The Labute approximate surface area is 118 Å². The van der Waals surface area contributed by atoms with E-state index in [1.807, 2.05) is 6.92 Å². The molecule has 0 aliphatic carbocycles. The molecule has 6 heteroatoms. The van der Waals surface area contributed by atoms with Crippen LogP contribution in [0.15, 0.2) is 24.3 Å². The zero-order valence-electron chi connectivity index (χ0n) is 11.5. The second kappa shape index (κ2) is 7.84. The van der Waals surface area contributed by atoms with E-state index in [1.54, 1.807) is 12.1 Å². The lowest BCUT2D eigenvalue weighted by atomic mass is 9.99. The van der Waals surface area contributed by atoms with Gasteiger partial charge in [-0.25, -0.2) is 4.79 Å². The molecule has 0 aliphatic heterocycles. The first kappa shape index (κ1) is 16.4. The van der Waals surface area contributed by atoms with Crippen molar-refractivity contribution in [2.24, 2.45) is 0 Å². The highest BCUT2D eigenvalue weighted by Crippen LogP contribution is 2.12. The van der Waals surface area contributed by atoms with E-state index in [2.05, 4.69) is 5.32 Å². The van der Waals surface area contributed by atoms with Gasteiger partial charge in [0.2, 0.25) is 0 Å². The first-order chi connectivity index (χ1) is 9.56. The zero-order valence-corrected chi connectivity index (χ0v) is 11.5. The van der Waals surface area contributed by atoms with Crippen LogP contribution < -0.4 is 10.1 Å². The van der Waals surface area contributed by atoms with E-state index in [0.29, 0.717) is 25.3 Å². The number of ether oxygens (including phenoxy) is 1. The molecule has 4 N–H and O–H groups in total. The Kier molecular flexibility index (Phi) is 6.44. The van der Waals surface area contributed by atoms with Crippen molar-refractivity contribution in [3.63, 3.8) is 0 Å². The number of hydrogen-bond donors (Lipinski definition) is 4. The van der Waals surface area contributed by atoms with E-state index in [4.69, 9.17) is 9.84 Å². The maximum absolute atomic E-state index is 10.7. The summed E-state index contributed by atoms with van der Waals surface area (Å²) >= 11 is 0. The molecule has 0 spiro atoms. The van der Waals surface area contributed by atoms with Crippen LogP contribution in [0.25, 0.3) is 0 Å². The molecular weight excluding hydrogens is 262 g/mol. The standard InChI is InChI=1S/C14H21NO5/c1-2-14(9-16,10-17)15-7-8-20-12-5-3-11(4-6-12)13(18)19/h3-6,15-17H,2,7-10H2,1H3,(H,18,19). The Morgan fingerprint density at radius 2 is 1.85 bits per heavy atom. The Balaban J connectivity index is 2.39. The molecule has 1 aromatic carbocycles. The number of carboxylic acid groups (broad SMARTS) is 1. The van der Waals surface area contributed by atoms with Crippen LogP contribution in [0.2, 0.25) is 0 Å². The van der Waals surface area contributed by atoms with Gasteiger partial charge in [-0.05, 0) is 30.7 Å². The maximum Gasteiger partial charge on any atom is 0.335 e. The summed E-state index contributed by atoms with van der Waals surface area (Å²) in [5.41, 5.74) is -0.475. The molecular formula is C14H21NO5. The fourth-order valence-electron chi connectivity index (χ4n) is 1.69. The van der Waals surface area contributed by atoms with Gasteiger partial charge in [-0.15, -0.1) is 0 Å². The lowest BCUT2D eigenvalue weighted by molar-refractivity contribution is 0.0697. The average Bonchev–Trinajstić information content (AvgIpc) is 2.49. The number of hydrogen-bond acceptors (Lipinski definition) is 5. The molecule has 1 aromatic rings. The van der Waals surface area contributed by atoms with Crippen LogP contribution in [0.4, 0.5) is 0 Å². The number of carbonyl (C=O) groups is 1. The molecule has 0 fully saturated rings. The van der Waals surface area contributed by atoms with Gasteiger partial charge in [-0.1, -0.05) is 6.92 Å². The SMILES string of the molecule is CCC(CO)(CO)NCCOc1ccc(C(=O)O)cc1. The van der Waals surface area contributed by atoms with E-state index in [0.717, 1.165) is 0 Å². The van der Waals surface area contributed by atoms with Gasteiger partial charge in [0.25, 0.3) is 0 Å². The Hall–Kier alpha value is -1.63. The second-order valence-corrected chi connectivity index (χ2v) is 4.55. The van der Waals surface area contributed by atoms with E-state index < -0.39 is 11.5 Å². The van der Waals surface area contributed by atoms with E-state index >= 15 is 0 Å². The molecule has 0 saturated carbocycles. The summed E-state index contributed by atoms with van der Waals surface area (Å²) in [6.07, 6.45) is 0.604. The van der Waals surface area contributed by atoms with E-state index in [-0.39, 0.29) is 18.8 Å². The fraction of sp³-hybridized carbons (Fsp3) is 0.500. The van der Waals surface area contributed by atoms with Crippen molar-refractivity contribution < 1.29 is 24.9 Å². The predicted molar refractivity (Wildman–Crippen MR) is 74.1 cm³/mol. The molecule has 0 aliphatic rings. The van der Waals surface area contributed by atoms with Crippen LogP contribution in [0.5, 0.6) is 5.75 Å². The summed E-state index contributed by atoms with van der Waals surface area (Å²) in [6.45, 7) is 2.41. The minimum absolute atomic E-state index is 0.146. The van der Waals surface area contributed by atoms with Crippen molar-refractivity contribution in [1.82, 2.24) is 5.32 Å². The largest absolute Gasteiger partial charge is 0.492 e. The van der Waals surface area contributed by atoms with Crippen molar-refractivity contribution in [2.45, 2.75) is 18.9 Å². The van der Waals surface area contributed by atoms with Crippen LogP contribution in [-0.4, -0.2) is 53.2 Å². The first-order valence-electron chi connectivity index (χ1n) is 6.50. The van der Waals surface area contributed by atoms with Crippen molar-refractivity contribution in [1.29, 1.82) is 0 Å². The molecule has 0 atom stereocenters. The van der Waals surface area contributed by atoms with Crippen LogP contribution in [-0.2, 0) is 0 Å². The molecule has 0 heterocycles. The fourth-order valence-corrected chi connectivity index (χ4v) is 1.69. The van der Waals surface area contributed by atoms with Crippen LogP contribution in [0.1, 0.15) is 23.7 Å². The van der Waals surface area contributed by atoms with E-state index in [9.17, 15) is 15.0 Å². The van der Waals surface area contributed by atoms with Gasteiger partial charge >= 0.3 is 5.97 Å². The number of aromatic carboxylic acids is 1. The van der Waals surface area contributed by atoms with Gasteiger partial charge in [-0.3, -0.25) is 0 Å². The first-order valence-corrected chi connectivity index (χ1v) is 6.50. The number of benzene rings is 1. The van der Waals surface area contributed by atoms with Crippen molar-refractivity contribution in [3.8, 4) is 5.75 Å². The van der Waals surface area contributed by atoms with Crippen LogP contribution in [0.3, 0.4) is 0 Å². The van der Waals surface area contributed by atoms with Gasteiger partial charge in [0.1, 0.15) is 12.4 Å². The quantitative estimate of drug-likeness (QED) is 0.492. The van der Waals surface area contributed by atoms with Crippen molar-refractivity contribution >= 4 is 5.97 Å². The Morgan fingerprint density at radius 3 is 2.30 bits per heavy atom. The highest BCUT2D eigenvalue weighted by Gasteiger charge is 2.25. The topological polar surface area (TPSA) is 99.0 Å². The molecule has 0 radical (unpaired) electrons. The average molecular weight is 283 g/mol. The maximum atomic E-state index is 10.7. The summed E-state index contributed by atoms with van der Waals surface area (Å²) in [4.78, 5) is 10.7. The highest BCUT2D eigenvalue weighted by molar-refractivity contribution is 5.87. The summed E-state index contributed by atoms with van der Waals surface area (Å²) in [6, 6.07) is 6.13. The molecule has 112 valence electrons. The highest BCUT2D eigenvalue weighted by atomic mass is 16.5. The normalized spacial score (nSPS) is 11.3. The molecule has 0 aromatic heterocycles. The third kappa shape index (κ3) is 4.48. The van der Waals surface area contributed by atoms with Crippen molar-refractivity contribution in [2.75, 3.05) is 26.4 Å². The number of nitrogens with one attached hydrogen (secondary N) is 1. The number of aliphatic hydroxyl groups excluding tert-OH is 2. The van der Waals surface area contributed by atoms with Gasteiger partial charge in [0.05, 0.1) is 24.3 Å². The summed E-state index contributed by atoms with van der Waals surface area (Å²) in [5, 5.41) is 30.3. The summed E-state index contributed by atoms with van der Waals surface area (Å²) in [7, 11) is 0. The molecule has 0 saturated heterocycles. The van der Waals surface area contributed by atoms with Gasteiger partial charge in [-0.2, -0.15) is 0 Å². The van der Waals surface area contributed by atoms with Crippen LogP contribution >= 0.6 is 0 Å². The van der Waals surface area contributed by atoms with Gasteiger partial charge in [0.15, 0.2) is 0 Å². The van der Waals surface area contributed by atoms with Gasteiger partial charge < -0.3 is 25.4 Å². The predicted octanol–water partition coefficient (Wildman–Crippen LogP) is 0.487. The minimum Gasteiger partial charge on any atom is -0.492 e. The molecule has 0 amide bonds. The number of carboxylic acids is 1. The van der Waals surface area contributed by atoms with Gasteiger partial charge in [0, 0.05) is 6.54 Å². The Bertz CT molecular complexity index is 406. The second-order valence-electron chi connectivity index (χ2n) is 4.55. The minimum atomic E-state index is -0.975. The van der Waals surface area contributed by atoms with Crippen LogP contribution in [0, 0.1) is 0 Å². The lowest BCUT2D eigenvalue weighted by Gasteiger charge is -2.29. The third-order valence-electron chi connectivity index (χ3n) is 3.25. The van der Waals surface area contributed by atoms with E-state index in [1.165, 1.54) is 12.1 Å². The number of rotatable bonds is 9. The molecule has 0 unspecified atom stereocenters. The zero-order chi connectivity index (χ0) is 15.0. The smallest absolute Gasteiger partial charge is 0.335 e. The monoisotopic (exact) mass is 283 g/mol. The number of aliphatic hydroxyl groups is 2. The molecule has 6 nitrogen and oxygen atoms in total. The van der Waals surface area contributed by atoms with Crippen molar-refractivity contribution in [3.05, 3.63) is 29.8 Å². The summed E-state index contributed by atoms with van der Waals surface area (Å²) in [5.74, 6) is -0.399. The molecule has 20 heavy (non-hydrogen) atoms. The molecule has 0 bridgehead atoms. The Morgan fingerprint density at radius 1 is 1.25 bits per heavy atom.